The number of halogens is 1. The van der Waals surface area contributed by atoms with Crippen molar-refractivity contribution in [2.24, 2.45) is 5.92 Å². The van der Waals surface area contributed by atoms with E-state index in [1.54, 1.807) is 0 Å². The third-order valence-corrected chi connectivity index (χ3v) is 2.95. The number of nitrogens with zero attached hydrogens (tertiary/aromatic N) is 2. The van der Waals surface area contributed by atoms with Crippen molar-refractivity contribution in [2.45, 2.75) is 19.4 Å². The summed E-state index contributed by atoms with van der Waals surface area (Å²) < 4.78 is 8.54. The van der Waals surface area contributed by atoms with Gasteiger partial charge in [-0.3, -0.25) is 4.68 Å². The minimum atomic E-state index is 0.752. The van der Waals surface area contributed by atoms with Crippen molar-refractivity contribution in [3.8, 4) is 0 Å². The van der Waals surface area contributed by atoms with E-state index in [1.165, 1.54) is 16.4 Å². The second-order valence-electron chi connectivity index (χ2n) is 3.44. The zero-order valence-corrected chi connectivity index (χ0v) is 9.61. The molecule has 0 saturated carbocycles. The quantitative estimate of drug-likeness (QED) is 0.796. The average molecular weight is 292 g/mol. The molecule has 0 bridgehead atoms. The highest BCUT2D eigenvalue weighted by molar-refractivity contribution is 14.1. The summed E-state index contributed by atoms with van der Waals surface area (Å²) in [4.78, 5) is 0. The summed E-state index contributed by atoms with van der Waals surface area (Å²) in [5.41, 5.74) is 0. The van der Waals surface area contributed by atoms with Crippen LogP contribution in [-0.2, 0) is 11.3 Å². The predicted octanol–water partition coefficient (Wildman–Crippen LogP) is 1.91. The molecule has 72 valence electrons. The van der Waals surface area contributed by atoms with Gasteiger partial charge in [0.2, 0.25) is 0 Å². The van der Waals surface area contributed by atoms with Crippen LogP contribution in [0.2, 0.25) is 0 Å². The zero-order chi connectivity index (χ0) is 9.10. The Hall–Kier alpha value is -0.100. The predicted molar refractivity (Wildman–Crippen MR) is 58.5 cm³/mol. The van der Waals surface area contributed by atoms with E-state index in [4.69, 9.17) is 4.74 Å². The molecule has 13 heavy (non-hydrogen) atoms. The van der Waals surface area contributed by atoms with Crippen LogP contribution >= 0.6 is 22.6 Å². The van der Waals surface area contributed by atoms with Crippen LogP contribution in [-0.4, -0.2) is 23.0 Å². The highest BCUT2D eigenvalue weighted by Gasteiger charge is 2.15. The van der Waals surface area contributed by atoms with E-state index in [0.29, 0.717) is 0 Å². The van der Waals surface area contributed by atoms with Crippen LogP contribution in [0, 0.1) is 9.49 Å². The fourth-order valence-electron chi connectivity index (χ4n) is 1.59. The van der Waals surface area contributed by atoms with Crippen molar-refractivity contribution in [2.75, 3.05) is 13.2 Å². The summed E-state index contributed by atoms with van der Waals surface area (Å²) in [6, 6.07) is 0. The third kappa shape index (κ3) is 2.67. The molecule has 2 heterocycles. The van der Waals surface area contributed by atoms with Gasteiger partial charge in [0.25, 0.3) is 0 Å². The van der Waals surface area contributed by atoms with Crippen molar-refractivity contribution in [1.29, 1.82) is 0 Å². The summed E-state index contributed by atoms with van der Waals surface area (Å²) in [7, 11) is 0. The van der Waals surface area contributed by atoms with Crippen LogP contribution in [0.5, 0.6) is 0 Å². The van der Waals surface area contributed by atoms with Gasteiger partial charge in [-0.15, -0.1) is 0 Å². The molecule has 1 saturated heterocycles. The molecular formula is C9H13IN2O. The summed E-state index contributed by atoms with van der Waals surface area (Å²) in [6.07, 6.45) is 6.39. The van der Waals surface area contributed by atoms with Crippen molar-refractivity contribution < 1.29 is 4.74 Å². The topological polar surface area (TPSA) is 27.1 Å². The fraction of sp³-hybridized carbons (Fsp3) is 0.667. The molecule has 1 fully saturated rings. The van der Waals surface area contributed by atoms with E-state index < -0.39 is 0 Å². The van der Waals surface area contributed by atoms with Gasteiger partial charge in [-0.1, -0.05) is 0 Å². The number of aromatic nitrogens is 2. The fourth-order valence-corrected chi connectivity index (χ4v) is 2.03. The highest BCUT2D eigenvalue weighted by atomic mass is 127. The SMILES string of the molecule is Ic1cnn(CCC2CCOC2)c1. The van der Waals surface area contributed by atoms with E-state index in [1.807, 2.05) is 10.9 Å². The molecule has 0 amide bonds. The molecule has 3 nitrogen and oxygen atoms in total. The van der Waals surface area contributed by atoms with Gasteiger partial charge in [0, 0.05) is 26.0 Å². The Morgan fingerprint density at radius 2 is 2.62 bits per heavy atom. The highest BCUT2D eigenvalue weighted by Crippen LogP contribution is 2.16. The van der Waals surface area contributed by atoms with Crippen LogP contribution in [0.25, 0.3) is 0 Å². The first-order chi connectivity index (χ1) is 6.34. The molecule has 0 radical (unpaired) electrons. The Labute approximate surface area is 91.6 Å². The molecular weight excluding hydrogens is 279 g/mol. The molecule has 0 spiro atoms. The number of aryl methyl sites for hydroxylation is 1. The average Bonchev–Trinajstić information content (AvgIpc) is 2.71. The summed E-state index contributed by atoms with van der Waals surface area (Å²) in [6.45, 7) is 2.91. The van der Waals surface area contributed by atoms with Crippen LogP contribution in [0.1, 0.15) is 12.8 Å². The summed E-state index contributed by atoms with van der Waals surface area (Å²) in [5.74, 6) is 0.752. The van der Waals surface area contributed by atoms with Gasteiger partial charge in [-0.2, -0.15) is 5.10 Å². The molecule has 1 aromatic heterocycles. The normalized spacial score (nSPS) is 22.4. The monoisotopic (exact) mass is 292 g/mol. The van der Waals surface area contributed by atoms with Gasteiger partial charge in [0.05, 0.1) is 9.77 Å². The number of hydrogen-bond acceptors (Lipinski definition) is 2. The standard InChI is InChI=1S/C9H13IN2O/c10-9-5-11-12(6-9)3-1-8-2-4-13-7-8/h5-6,8H,1-4,7H2. The van der Waals surface area contributed by atoms with Gasteiger partial charge < -0.3 is 4.74 Å². The molecule has 1 aromatic rings. The van der Waals surface area contributed by atoms with Gasteiger partial charge in [0.1, 0.15) is 0 Å². The van der Waals surface area contributed by atoms with E-state index in [0.717, 1.165) is 25.7 Å². The molecule has 2 rings (SSSR count). The van der Waals surface area contributed by atoms with E-state index in [-0.39, 0.29) is 0 Å². The third-order valence-electron chi connectivity index (χ3n) is 2.39. The lowest BCUT2D eigenvalue weighted by Gasteiger charge is -2.06. The Kier molecular flexibility index (Phi) is 3.21. The lowest BCUT2D eigenvalue weighted by molar-refractivity contribution is 0.183. The van der Waals surface area contributed by atoms with E-state index in [9.17, 15) is 0 Å². The first-order valence-electron chi connectivity index (χ1n) is 4.60. The molecule has 1 unspecified atom stereocenters. The number of ether oxygens (including phenoxy) is 1. The Morgan fingerprint density at radius 3 is 3.23 bits per heavy atom. The Morgan fingerprint density at radius 1 is 1.69 bits per heavy atom. The molecule has 1 aliphatic rings. The molecule has 0 aliphatic carbocycles. The largest absolute Gasteiger partial charge is 0.381 e. The molecule has 4 heteroatoms. The Bertz CT molecular complexity index is 268. The maximum Gasteiger partial charge on any atom is 0.0623 e. The van der Waals surface area contributed by atoms with E-state index in [2.05, 4.69) is 33.9 Å². The van der Waals surface area contributed by atoms with Crippen LogP contribution in [0.3, 0.4) is 0 Å². The van der Waals surface area contributed by atoms with Gasteiger partial charge in [0.15, 0.2) is 0 Å². The Balaban J connectivity index is 1.78. The number of rotatable bonds is 3. The molecule has 0 aromatic carbocycles. The summed E-state index contributed by atoms with van der Waals surface area (Å²) >= 11 is 2.28. The van der Waals surface area contributed by atoms with Gasteiger partial charge >= 0.3 is 0 Å². The lowest BCUT2D eigenvalue weighted by atomic mass is 10.1. The van der Waals surface area contributed by atoms with Crippen LogP contribution in [0.4, 0.5) is 0 Å². The minimum absolute atomic E-state index is 0.752. The van der Waals surface area contributed by atoms with Crippen LogP contribution < -0.4 is 0 Å². The minimum Gasteiger partial charge on any atom is -0.381 e. The first-order valence-corrected chi connectivity index (χ1v) is 5.68. The first kappa shape index (κ1) is 9.45. The van der Waals surface area contributed by atoms with Crippen molar-refractivity contribution in [1.82, 2.24) is 9.78 Å². The second kappa shape index (κ2) is 4.41. The summed E-state index contributed by atoms with van der Waals surface area (Å²) in [5, 5.41) is 4.25. The van der Waals surface area contributed by atoms with E-state index >= 15 is 0 Å². The zero-order valence-electron chi connectivity index (χ0n) is 7.45. The van der Waals surface area contributed by atoms with Crippen molar-refractivity contribution in [3.05, 3.63) is 16.0 Å². The molecule has 0 N–H and O–H groups in total. The lowest BCUT2D eigenvalue weighted by Crippen LogP contribution is -2.06. The number of hydrogen-bond donors (Lipinski definition) is 0. The molecule has 1 aliphatic heterocycles. The maximum atomic E-state index is 5.32. The molecule has 1 atom stereocenters. The van der Waals surface area contributed by atoms with Gasteiger partial charge in [-0.05, 0) is 41.4 Å². The van der Waals surface area contributed by atoms with Crippen molar-refractivity contribution >= 4 is 22.6 Å². The van der Waals surface area contributed by atoms with Crippen LogP contribution in [0.15, 0.2) is 12.4 Å². The second-order valence-corrected chi connectivity index (χ2v) is 4.69. The maximum absolute atomic E-state index is 5.32. The van der Waals surface area contributed by atoms with Gasteiger partial charge in [-0.25, -0.2) is 0 Å². The smallest absolute Gasteiger partial charge is 0.0623 e. The van der Waals surface area contributed by atoms with Crippen molar-refractivity contribution in [3.63, 3.8) is 0 Å².